The highest BCUT2D eigenvalue weighted by atomic mass is 127. The largest absolute Gasteiger partial charge is 0.496 e. The van der Waals surface area contributed by atoms with Gasteiger partial charge in [0.25, 0.3) is 0 Å². The summed E-state index contributed by atoms with van der Waals surface area (Å²) >= 11 is 0. The van der Waals surface area contributed by atoms with Gasteiger partial charge in [-0.05, 0) is 17.7 Å². The summed E-state index contributed by atoms with van der Waals surface area (Å²) in [5.41, 5.74) is 3.28. The third kappa shape index (κ3) is 5.09. The van der Waals surface area contributed by atoms with Crippen molar-refractivity contribution in [1.82, 2.24) is 15.2 Å². The number of hydrogen-bond acceptors (Lipinski definition) is 3. The number of hydrogen-bond donors (Lipinski definition) is 1. The zero-order valence-electron chi connectivity index (χ0n) is 15.8. The first kappa shape index (κ1) is 21.0. The summed E-state index contributed by atoms with van der Waals surface area (Å²) in [6.07, 6.45) is 1.83. The van der Waals surface area contributed by atoms with E-state index in [9.17, 15) is 0 Å². The minimum absolute atomic E-state index is 0. The smallest absolute Gasteiger partial charge is 0.193 e. The van der Waals surface area contributed by atoms with Gasteiger partial charge in [-0.15, -0.1) is 24.0 Å². The van der Waals surface area contributed by atoms with E-state index in [1.807, 2.05) is 37.5 Å². The number of guanidine groups is 1. The van der Waals surface area contributed by atoms with Crippen LogP contribution in [0.4, 0.5) is 0 Å². The fraction of sp³-hybridized carbons (Fsp3) is 0.238. The third-order valence-electron chi connectivity index (χ3n) is 4.33. The number of nitrogens with one attached hydrogen (secondary N) is 1. The lowest BCUT2D eigenvalue weighted by Gasteiger charge is -2.23. The average molecular weight is 476 g/mol. The number of methoxy groups -OCH3 is 1. The predicted molar refractivity (Wildman–Crippen MR) is 122 cm³/mol. The molecule has 0 amide bonds. The van der Waals surface area contributed by atoms with E-state index in [-0.39, 0.29) is 24.0 Å². The van der Waals surface area contributed by atoms with Crippen LogP contribution in [0.25, 0.3) is 10.9 Å². The molecule has 3 rings (SSSR count). The molecule has 0 aliphatic heterocycles. The Morgan fingerprint density at radius 3 is 2.59 bits per heavy atom. The average Bonchev–Trinajstić information content (AvgIpc) is 2.69. The first-order valence-electron chi connectivity index (χ1n) is 8.59. The van der Waals surface area contributed by atoms with Crippen LogP contribution in [0, 0.1) is 0 Å². The molecule has 27 heavy (non-hydrogen) atoms. The molecule has 1 N–H and O–H groups in total. The Labute approximate surface area is 177 Å². The van der Waals surface area contributed by atoms with Crippen LogP contribution in [0.5, 0.6) is 5.75 Å². The second-order valence-corrected chi connectivity index (χ2v) is 6.06. The molecule has 0 fully saturated rings. The van der Waals surface area contributed by atoms with E-state index in [4.69, 9.17) is 4.74 Å². The van der Waals surface area contributed by atoms with Crippen LogP contribution in [-0.4, -0.2) is 37.0 Å². The van der Waals surface area contributed by atoms with Crippen LogP contribution in [0.3, 0.4) is 0 Å². The number of aliphatic imine (C=N–C) groups is 1. The molecule has 0 saturated carbocycles. The zero-order valence-corrected chi connectivity index (χ0v) is 18.2. The van der Waals surface area contributed by atoms with Gasteiger partial charge in [-0.1, -0.05) is 42.5 Å². The third-order valence-corrected chi connectivity index (χ3v) is 4.33. The molecule has 5 nitrogen and oxygen atoms in total. The van der Waals surface area contributed by atoms with Crippen molar-refractivity contribution in [3.8, 4) is 5.75 Å². The molecule has 142 valence electrons. The molecule has 2 aromatic carbocycles. The fourth-order valence-electron chi connectivity index (χ4n) is 3.03. The summed E-state index contributed by atoms with van der Waals surface area (Å²) in [7, 11) is 5.50. The van der Waals surface area contributed by atoms with Crippen molar-refractivity contribution in [2.24, 2.45) is 4.99 Å². The highest BCUT2D eigenvalue weighted by Gasteiger charge is 2.10. The maximum Gasteiger partial charge on any atom is 0.193 e. The number of benzene rings is 2. The van der Waals surface area contributed by atoms with Crippen LogP contribution in [-0.2, 0) is 13.1 Å². The van der Waals surface area contributed by atoms with E-state index in [1.54, 1.807) is 14.2 Å². The Bertz CT molecular complexity index is 908. The van der Waals surface area contributed by atoms with Gasteiger partial charge >= 0.3 is 0 Å². The number of para-hydroxylation sites is 2. The van der Waals surface area contributed by atoms with Crippen molar-refractivity contribution in [1.29, 1.82) is 0 Å². The first-order chi connectivity index (χ1) is 12.7. The molecule has 0 aliphatic carbocycles. The monoisotopic (exact) mass is 476 g/mol. The van der Waals surface area contributed by atoms with Crippen molar-refractivity contribution >= 4 is 40.8 Å². The van der Waals surface area contributed by atoms with Gasteiger partial charge in [0.1, 0.15) is 5.75 Å². The first-order valence-corrected chi connectivity index (χ1v) is 8.59. The number of halogens is 1. The standard InChI is InChI=1S/C21H24N4O.HI/c1-22-21(25(2)15-18-8-4-5-12-19(18)26-3)24-14-17-10-6-9-16-11-7-13-23-20(16)17;/h4-13H,14-15H2,1-3H3,(H,22,24);1H. The lowest BCUT2D eigenvalue weighted by Crippen LogP contribution is -2.38. The van der Waals surface area contributed by atoms with Gasteiger partial charge in [0, 0.05) is 44.3 Å². The molecule has 0 spiro atoms. The molecule has 0 bridgehead atoms. The Morgan fingerprint density at radius 2 is 1.81 bits per heavy atom. The lowest BCUT2D eigenvalue weighted by atomic mass is 10.1. The Morgan fingerprint density at radius 1 is 1.07 bits per heavy atom. The second-order valence-electron chi connectivity index (χ2n) is 6.06. The van der Waals surface area contributed by atoms with Gasteiger partial charge in [0.2, 0.25) is 0 Å². The minimum Gasteiger partial charge on any atom is -0.496 e. The molecule has 0 aliphatic rings. The molecular formula is C21H25IN4O. The normalized spacial score (nSPS) is 11.0. The Hall–Kier alpha value is -2.35. The van der Waals surface area contributed by atoms with Crippen molar-refractivity contribution in [3.63, 3.8) is 0 Å². The van der Waals surface area contributed by atoms with Gasteiger partial charge in [-0.3, -0.25) is 9.98 Å². The number of fused-ring (bicyclic) bond motifs is 1. The van der Waals surface area contributed by atoms with E-state index >= 15 is 0 Å². The SMILES string of the molecule is CN=C(NCc1cccc2cccnc12)N(C)Cc1ccccc1OC.I. The van der Waals surface area contributed by atoms with Crippen molar-refractivity contribution in [3.05, 3.63) is 71.9 Å². The van der Waals surface area contributed by atoms with Crippen molar-refractivity contribution < 1.29 is 4.74 Å². The summed E-state index contributed by atoms with van der Waals surface area (Å²) in [4.78, 5) is 11.0. The highest BCUT2D eigenvalue weighted by molar-refractivity contribution is 14.0. The van der Waals surface area contributed by atoms with E-state index in [0.29, 0.717) is 13.1 Å². The second kappa shape index (κ2) is 10.1. The fourth-order valence-corrected chi connectivity index (χ4v) is 3.03. The van der Waals surface area contributed by atoms with Crippen LogP contribution >= 0.6 is 24.0 Å². The van der Waals surface area contributed by atoms with Gasteiger partial charge in [0.15, 0.2) is 5.96 Å². The van der Waals surface area contributed by atoms with Crippen LogP contribution in [0.1, 0.15) is 11.1 Å². The highest BCUT2D eigenvalue weighted by Crippen LogP contribution is 2.19. The van der Waals surface area contributed by atoms with Crippen LogP contribution < -0.4 is 10.1 Å². The van der Waals surface area contributed by atoms with E-state index < -0.39 is 0 Å². The molecule has 0 radical (unpaired) electrons. The summed E-state index contributed by atoms with van der Waals surface area (Å²) in [5, 5.41) is 4.57. The molecule has 0 saturated heterocycles. The summed E-state index contributed by atoms with van der Waals surface area (Å²) < 4.78 is 5.44. The van der Waals surface area contributed by atoms with E-state index in [2.05, 4.69) is 50.5 Å². The summed E-state index contributed by atoms with van der Waals surface area (Å²) in [5.74, 6) is 1.71. The number of nitrogens with zero attached hydrogens (tertiary/aromatic N) is 3. The molecular weight excluding hydrogens is 451 g/mol. The maximum atomic E-state index is 5.44. The van der Waals surface area contributed by atoms with Gasteiger partial charge in [-0.25, -0.2) is 0 Å². The van der Waals surface area contributed by atoms with E-state index in [0.717, 1.165) is 33.7 Å². The maximum absolute atomic E-state index is 5.44. The molecule has 0 atom stereocenters. The summed E-state index contributed by atoms with van der Waals surface area (Å²) in [6, 6.07) is 18.3. The van der Waals surface area contributed by atoms with Gasteiger partial charge < -0.3 is 15.0 Å². The predicted octanol–water partition coefficient (Wildman–Crippen LogP) is 4.07. The molecule has 1 aromatic heterocycles. The molecule has 0 unspecified atom stereocenters. The van der Waals surface area contributed by atoms with Crippen LogP contribution in [0.2, 0.25) is 0 Å². The Kier molecular flexibility index (Phi) is 7.84. The number of pyridine rings is 1. The number of rotatable bonds is 5. The van der Waals surface area contributed by atoms with Gasteiger partial charge in [0.05, 0.1) is 12.6 Å². The number of aromatic nitrogens is 1. The quantitative estimate of drug-likeness (QED) is 0.343. The van der Waals surface area contributed by atoms with Crippen LogP contribution in [0.15, 0.2) is 65.8 Å². The van der Waals surface area contributed by atoms with Crippen molar-refractivity contribution in [2.45, 2.75) is 13.1 Å². The van der Waals surface area contributed by atoms with E-state index in [1.165, 1.54) is 0 Å². The minimum atomic E-state index is 0. The lowest BCUT2D eigenvalue weighted by molar-refractivity contribution is 0.396. The molecule has 6 heteroatoms. The van der Waals surface area contributed by atoms with Crippen molar-refractivity contribution in [2.75, 3.05) is 21.2 Å². The molecule has 3 aromatic rings. The summed E-state index contributed by atoms with van der Waals surface area (Å²) in [6.45, 7) is 1.37. The van der Waals surface area contributed by atoms with Gasteiger partial charge in [-0.2, -0.15) is 0 Å². The number of ether oxygens (including phenoxy) is 1. The molecule has 1 heterocycles. The zero-order chi connectivity index (χ0) is 18.4. The topological polar surface area (TPSA) is 49.8 Å². The Balaban J connectivity index is 0.00000261.